The van der Waals surface area contributed by atoms with Crippen LogP contribution in [0.2, 0.25) is 5.02 Å². The fourth-order valence-electron chi connectivity index (χ4n) is 3.23. The van der Waals surface area contributed by atoms with Crippen LogP contribution in [0.5, 0.6) is 5.88 Å². The van der Waals surface area contributed by atoms with E-state index in [1.54, 1.807) is 34.9 Å². The number of hydrogen-bond donors (Lipinski definition) is 2. The van der Waals surface area contributed by atoms with Crippen molar-refractivity contribution in [3.8, 4) is 5.88 Å². The monoisotopic (exact) mass is 462 g/mol. The molecule has 2 N–H and O–H groups in total. The van der Waals surface area contributed by atoms with Gasteiger partial charge in [-0.25, -0.2) is 0 Å². The minimum absolute atomic E-state index is 0.141. The maximum atomic E-state index is 12.1. The zero-order valence-corrected chi connectivity index (χ0v) is 18.1. The van der Waals surface area contributed by atoms with Gasteiger partial charge in [-0.1, -0.05) is 48.0 Å². The Hall–Kier alpha value is -4.17. The molecular weight excluding hydrogens is 444 g/mol. The van der Waals surface area contributed by atoms with Crippen molar-refractivity contribution in [2.45, 2.75) is 6.54 Å². The molecule has 4 aromatic rings. The average Bonchev–Trinajstić information content (AvgIpc) is 3.43. The third kappa shape index (κ3) is 5.19. The van der Waals surface area contributed by atoms with Crippen molar-refractivity contribution >= 4 is 46.1 Å². The van der Waals surface area contributed by atoms with Crippen molar-refractivity contribution in [1.82, 2.24) is 9.88 Å². The van der Waals surface area contributed by atoms with Gasteiger partial charge in [-0.3, -0.25) is 9.59 Å². The van der Waals surface area contributed by atoms with Crippen LogP contribution in [0.25, 0.3) is 17.0 Å². The van der Waals surface area contributed by atoms with Gasteiger partial charge in [0.15, 0.2) is 5.69 Å². The summed E-state index contributed by atoms with van der Waals surface area (Å²) < 4.78 is 6.74. The molecule has 0 spiro atoms. The standard InChI is InChI=1S/C24H19ClN4O4/c25-19-9-3-1-6-16(19)15-29-20-10-4-2-8-18(20)23(24(29)32)28-27-22(31)14-26-21(30)12-11-17-7-5-13-33-17/h1-13,32H,14-15H2,(H,26,30)/b12-11+,28-27?. The highest BCUT2D eigenvalue weighted by atomic mass is 35.5. The predicted molar refractivity (Wildman–Crippen MR) is 124 cm³/mol. The van der Waals surface area contributed by atoms with Crippen molar-refractivity contribution in [2.75, 3.05) is 6.54 Å². The van der Waals surface area contributed by atoms with Gasteiger partial charge in [-0.15, -0.1) is 10.2 Å². The molecule has 0 unspecified atom stereocenters. The molecule has 0 fully saturated rings. The van der Waals surface area contributed by atoms with Crippen molar-refractivity contribution in [2.24, 2.45) is 10.2 Å². The molecule has 8 nitrogen and oxygen atoms in total. The van der Waals surface area contributed by atoms with Crippen LogP contribution in [0, 0.1) is 0 Å². The van der Waals surface area contributed by atoms with Gasteiger partial charge < -0.3 is 19.4 Å². The second-order valence-corrected chi connectivity index (χ2v) is 7.43. The Labute approximate surface area is 193 Å². The topological polar surface area (TPSA) is 109 Å². The van der Waals surface area contributed by atoms with Gasteiger partial charge in [-0.2, -0.15) is 0 Å². The summed E-state index contributed by atoms with van der Waals surface area (Å²) >= 11 is 6.27. The van der Waals surface area contributed by atoms with Gasteiger partial charge in [0.05, 0.1) is 18.3 Å². The number of aromatic nitrogens is 1. The number of carbonyl (C=O) groups is 2. The van der Waals surface area contributed by atoms with Gasteiger partial charge in [0, 0.05) is 16.5 Å². The maximum Gasteiger partial charge on any atom is 0.283 e. The van der Waals surface area contributed by atoms with Crippen LogP contribution in [0.3, 0.4) is 0 Å². The van der Waals surface area contributed by atoms with E-state index < -0.39 is 11.8 Å². The summed E-state index contributed by atoms with van der Waals surface area (Å²) in [5.74, 6) is -0.774. The number of hydrogen-bond acceptors (Lipinski definition) is 5. The lowest BCUT2D eigenvalue weighted by Gasteiger charge is -2.08. The number of azo groups is 1. The van der Waals surface area contributed by atoms with Gasteiger partial charge in [0.1, 0.15) is 12.3 Å². The van der Waals surface area contributed by atoms with E-state index >= 15 is 0 Å². The highest BCUT2D eigenvalue weighted by Gasteiger charge is 2.17. The molecular formula is C24H19ClN4O4. The number of amides is 2. The van der Waals surface area contributed by atoms with Crippen molar-refractivity contribution in [1.29, 1.82) is 0 Å². The molecule has 0 saturated heterocycles. The number of nitrogens with one attached hydrogen (secondary N) is 1. The van der Waals surface area contributed by atoms with E-state index in [4.69, 9.17) is 16.0 Å². The third-order valence-corrected chi connectivity index (χ3v) is 5.19. The SMILES string of the molecule is O=C(CNC(=O)/C=C/c1ccco1)N=Nc1c(O)n(Cc2ccccc2Cl)c2ccccc12. The molecule has 2 heterocycles. The van der Waals surface area contributed by atoms with Crippen LogP contribution in [0.4, 0.5) is 5.69 Å². The van der Waals surface area contributed by atoms with Gasteiger partial charge in [0.2, 0.25) is 11.8 Å². The predicted octanol–water partition coefficient (Wildman–Crippen LogP) is 5.08. The summed E-state index contributed by atoms with van der Waals surface area (Å²) in [5, 5.41) is 22.1. The Morgan fingerprint density at radius 2 is 1.88 bits per heavy atom. The van der Waals surface area contributed by atoms with Gasteiger partial charge in [-0.05, 0) is 35.9 Å². The van der Waals surface area contributed by atoms with Crippen molar-refractivity contribution in [3.05, 3.63) is 89.3 Å². The summed E-state index contributed by atoms with van der Waals surface area (Å²) in [4.78, 5) is 24.0. The van der Waals surface area contributed by atoms with E-state index in [1.807, 2.05) is 30.3 Å². The van der Waals surface area contributed by atoms with E-state index in [9.17, 15) is 14.7 Å². The van der Waals surface area contributed by atoms with Crippen molar-refractivity contribution in [3.63, 3.8) is 0 Å². The van der Waals surface area contributed by atoms with Crippen molar-refractivity contribution < 1.29 is 19.1 Å². The molecule has 4 rings (SSSR count). The number of benzene rings is 2. The smallest absolute Gasteiger partial charge is 0.283 e. The van der Waals surface area contributed by atoms with E-state index in [-0.39, 0.29) is 18.1 Å². The number of aromatic hydroxyl groups is 1. The van der Waals surface area contributed by atoms with Crippen LogP contribution in [0.15, 0.2) is 87.6 Å². The minimum atomic E-state index is -0.669. The van der Waals surface area contributed by atoms with Gasteiger partial charge in [0.25, 0.3) is 5.91 Å². The van der Waals surface area contributed by atoms with Gasteiger partial charge >= 0.3 is 0 Å². The average molecular weight is 463 g/mol. The highest BCUT2D eigenvalue weighted by Crippen LogP contribution is 2.39. The van der Waals surface area contributed by atoms with Crippen LogP contribution < -0.4 is 5.32 Å². The maximum absolute atomic E-state index is 12.1. The van der Waals surface area contributed by atoms with E-state index in [2.05, 4.69) is 15.5 Å². The summed E-state index contributed by atoms with van der Waals surface area (Å²) in [7, 11) is 0. The second kappa shape index (κ2) is 9.97. The second-order valence-electron chi connectivity index (χ2n) is 7.03. The molecule has 0 bridgehead atoms. The first kappa shape index (κ1) is 22.0. The number of rotatable bonds is 7. The number of fused-ring (bicyclic) bond motifs is 1. The van der Waals surface area contributed by atoms with E-state index in [0.29, 0.717) is 28.2 Å². The molecule has 0 aliphatic carbocycles. The molecule has 9 heteroatoms. The fraction of sp³-hybridized carbons (Fsp3) is 0.0833. The lowest BCUT2D eigenvalue weighted by Crippen LogP contribution is -2.26. The molecule has 0 saturated carbocycles. The summed E-state index contributed by atoms with van der Waals surface area (Å²) in [6, 6.07) is 18.0. The highest BCUT2D eigenvalue weighted by molar-refractivity contribution is 6.31. The largest absolute Gasteiger partial charge is 0.493 e. The molecule has 0 atom stereocenters. The molecule has 0 aliphatic heterocycles. The van der Waals surface area contributed by atoms with E-state index in [1.165, 1.54) is 18.4 Å². The Kier molecular flexibility index (Phi) is 6.66. The molecule has 0 radical (unpaired) electrons. The lowest BCUT2D eigenvalue weighted by atomic mass is 10.2. The van der Waals surface area contributed by atoms with Crippen LogP contribution in [-0.2, 0) is 16.1 Å². The minimum Gasteiger partial charge on any atom is -0.493 e. The van der Waals surface area contributed by atoms with Crippen LogP contribution in [-0.4, -0.2) is 28.0 Å². The van der Waals surface area contributed by atoms with Crippen LogP contribution in [0.1, 0.15) is 11.3 Å². The molecule has 2 amide bonds. The number of nitrogens with zero attached hydrogens (tertiary/aromatic N) is 3. The Bertz CT molecular complexity index is 1360. The molecule has 33 heavy (non-hydrogen) atoms. The van der Waals surface area contributed by atoms with Crippen LogP contribution >= 0.6 is 11.6 Å². The summed E-state index contributed by atoms with van der Waals surface area (Å²) in [6.45, 7) is -0.0304. The molecule has 2 aromatic carbocycles. The first-order valence-electron chi connectivity index (χ1n) is 10.0. The quantitative estimate of drug-likeness (QED) is 0.294. The zero-order valence-electron chi connectivity index (χ0n) is 17.3. The third-order valence-electron chi connectivity index (χ3n) is 4.82. The van der Waals surface area contributed by atoms with E-state index in [0.717, 1.165) is 5.56 Å². The molecule has 2 aromatic heterocycles. The Morgan fingerprint density at radius 1 is 1.09 bits per heavy atom. The molecule has 0 aliphatic rings. The number of carbonyl (C=O) groups excluding carboxylic acids is 2. The molecule has 166 valence electrons. The summed E-state index contributed by atoms with van der Waals surface area (Å²) in [6.07, 6.45) is 4.22. The first-order valence-corrected chi connectivity index (χ1v) is 10.4. The fourth-order valence-corrected chi connectivity index (χ4v) is 3.43. The number of para-hydroxylation sites is 1. The lowest BCUT2D eigenvalue weighted by molar-refractivity contribution is -0.122. The Morgan fingerprint density at radius 3 is 2.67 bits per heavy atom. The summed E-state index contributed by atoms with van der Waals surface area (Å²) in [5.41, 5.74) is 1.70. The zero-order chi connectivity index (χ0) is 23.2. The Balaban J connectivity index is 1.49. The first-order chi connectivity index (χ1) is 16.0. The number of halogens is 1. The normalized spacial score (nSPS) is 11.5. The number of furan rings is 1.